The summed E-state index contributed by atoms with van der Waals surface area (Å²) < 4.78 is 18.3. The van der Waals surface area contributed by atoms with E-state index in [4.69, 9.17) is 4.42 Å². The first-order valence-electron chi connectivity index (χ1n) is 7.36. The standard InChI is InChI=1S/C18H15FN2O3/c1-11-14-4-2-3-5-15(14)24-17(11)18(23)21-20-16(22)10-12-6-8-13(19)9-7-12/h2-9H,10H2,1H3,(H,20,22)(H,21,23). The highest BCUT2D eigenvalue weighted by atomic mass is 19.1. The number of para-hydroxylation sites is 1. The van der Waals surface area contributed by atoms with Gasteiger partial charge in [-0.25, -0.2) is 4.39 Å². The molecule has 2 amide bonds. The summed E-state index contributed by atoms with van der Waals surface area (Å²) in [6.45, 7) is 1.78. The topological polar surface area (TPSA) is 71.3 Å². The zero-order valence-electron chi connectivity index (χ0n) is 12.9. The number of hydrogen-bond acceptors (Lipinski definition) is 3. The predicted molar refractivity (Wildman–Crippen MR) is 86.7 cm³/mol. The van der Waals surface area contributed by atoms with E-state index in [0.29, 0.717) is 16.7 Å². The molecule has 1 aromatic heterocycles. The summed E-state index contributed by atoms with van der Waals surface area (Å²) in [6, 6.07) is 12.9. The molecular weight excluding hydrogens is 311 g/mol. The molecular formula is C18H15FN2O3. The van der Waals surface area contributed by atoms with Crippen LogP contribution in [0.3, 0.4) is 0 Å². The minimum absolute atomic E-state index is 0.0275. The lowest BCUT2D eigenvalue weighted by Crippen LogP contribution is -2.42. The average molecular weight is 326 g/mol. The highest BCUT2D eigenvalue weighted by molar-refractivity contribution is 5.99. The Hall–Kier alpha value is -3.15. The van der Waals surface area contributed by atoms with Crippen molar-refractivity contribution in [2.45, 2.75) is 13.3 Å². The number of rotatable bonds is 3. The van der Waals surface area contributed by atoms with Crippen molar-refractivity contribution in [1.29, 1.82) is 0 Å². The molecule has 24 heavy (non-hydrogen) atoms. The van der Waals surface area contributed by atoms with Gasteiger partial charge in [-0.2, -0.15) is 0 Å². The molecule has 0 saturated carbocycles. The second kappa shape index (κ2) is 6.54. The van der Waals surface area contributed by atoms with Gasteiger partial charge in [0.15, 0.2) is 5.76 Å². The molecule has 2 N–H and O–H groups in total. The zero-order chi connectivity index (χ0) is 17.1. The Kier molecular flexibility index (Phi) is 4.29. The predicted octanol–water partition coefficient (Wildman–Crippen LogP) is 2.88. The second-order valence-electron chi connectivity index (χ2n) is 5.36. The van der Waals surface area contributed by atoms with Crippen LogP contribution < -0.4 is 10.9 Å². The summed E-state index contributed by atoms with van der Waals surface area (Å²) in [5.41, 5.74) is 6.60. The van der Waals surface area contributed by atoms with Crippen molar-refractivity contribution < 1.29 is 18.4 Å². The minimum Gasteiger partial charge on any atom is -0.451 e. The van der Waals surface area contributed by atoms with Gasteiger partial charge in [0.25, 0.3) is 0 Å². The third-order valence-electron chi connectivity index (χ3n) is 3.64. The minimum atomic E-state index is -0.531. The Bertz CT molecular complexity index is 900. The Morgan fingerprint density at radius 2 is 1.75 bits per heavy atom. The van der Waals surface area contributed by atoms with Gasteiger partial charge >= 0.3 is 5.91 Å². The van der Waals surface area contributed by atoms with Crippen molar-refractivity contribution in [3.8, 4) is 0 Å². The van der Waals surface area contributed by atoms with Crippen molar-refractivity contribution >= 4 is 22.8 Å². The Balaban J connectivity index is 1.63. The van der Waals surface area contributed by atoms with E-state index in [-0.39, 0.29) is 18.0 Å². The molecule has 3 rings (SSSR count). The maximum Gasteiger partial charge on any atom is 0.305 e. The molecule has 0 bridgehead atoms. The lowest BCUT2D eigenvalue weighted by molar-refractivity contribution is -0.121. The average Bonchev–Trinajstić information content (AvgIpc) is 2.92. The summed E-state index contributed by atoms with van der Waals surface area (Å²) in [5.74, 6) is -1.16. The van der Waals surface area contributed by atoms with E-state index in [9.17, 15) is 14.0 Å². The summed E-state index contributed by atoms with van der Waals surface area (Å²) in [4.78, 5) is 24.0. The maximum absolute atomic E-state index is 12.8. The molecule has 0 saturated heterocycles. The van der Waals surface area contributed by atoms with Gasteiger partial charge in [-0.15, -0.1) is 0 Å². The van der Waals surface area contributed by atoms with Crippen LogP contribution in [0.25, 0.3) is 11.0 Å². The van der Waals surface area contributed by atoms with E-state index in [1.165, 1.54) is 24.3 Å². The van der Waals surface area contributed by atoms with Gasteiger partial charge in [0, 0.05) is 10.9 Å². The number of benzene rings is 2. The number of carbonyl (C=O) groups is 2. The van der Waals surface area contributed by atoms with Crippen molar-refractivity contribution in [2.75, 3.05) is 0 Å². The molecule has 122 valence electrons. The molecule has 1 heterocycles. The fourth-order valence-corrected chi connectivity index (χ4v) is 2.41. The van der Waals surface area contributed by atoms with Crippen LogP contribution in [0, 0.1) is 12.7 Å². The van der Waals surface area contributed by atoms with E-state index in [1.807, 2.05) is 18.2 Å². The summed E-state index contributed by atoms with van der Waals surface area (Å²) >= 11 is 0. The number of hydrogen-bond donors (Lipinski definition) is 2. The van der Waals surface area contributed by atoms with Crippen LogP contribution in [0.2, 0.25) is 0 Å². The molecule has 6 heteroatoms. The number of furan rings is 1. The smallest absolute Gasteiger partial charge is 0.305 e. The molecule has 0 radical (unpaired) electrons. The molecule has 0 atom stereocenters. The number of halogens is 1. The lowest BCUT2D eigenvalue weighted by Gasteiger charge is -2.06. The van der Waals surface area contributed by atoms with Crippen LogP contribution in [-0.2, 0) is 11.2 Å². The largest absolute Gasteiger partial charge is 0.451 e. The number of nitrogens with one attached hydrogen (secondary N) is 2. The quantitative estimate of drug-likeness (QED) is 0.727. The maximum atomic E-state index is 12.8. The third kappa shape index (κ3) is 3.27. The van der Waals surface area contributed by atoms with Crippen LogP contribution in [-0.4, -0.2) is 11.8 Å². The molecule has 0 aliphatic rings. The molecule has 0 fully saturated rings. The van der Waals surface area contributed by atoms with Crippen LogP contribution >= 0.6 is 0 Å². The zero-order valence-corrected chi connectivity index (χ0v) is 12.9. The van der Waals surface area contributed by atoms with Gasteiger partial charge in [-0.3, -0.25) is 20.4 Å². The van der Waals surface area contributed by atoms with Crippen LogP contribution in [0.15, 0.2) is 52.9 Å². The van der Waals surface area contributed by atoms with E-state index < -0.39 is 11.8 Å². The number of aryl methyl sites for hydroxylation is 1. The van der Waals surface area contributed by atoms with Gasteiger partial charge in [-0.1, -0.05) is 30.3 Å². The van der Waals surface area contributed by atoms with Crippen LogP contribution in [0.1, 0.15) is 21.7 Å². The van der Waals surface area contributed by atoms with Gasteiger partial charge in [0.05, 0.1) is 6.42 Å². The van der Waals surface area contributed by atoms with Gasteiger partial charge in [0.2, 0.25) is 5.91 Å². The monoisotopic (exact) mass is 326 g/mol. The number of hydrazine groups is 1. The molecule has 0 spiro atoms. The van der Waals surface area contributed by atoms with E-state index in [0.717, 1.165) is 5.39 Å². The van der Waals surface area contributed by atoms with Crippen LogP contribution in [0.4, 0.5) is 4.39 Å². The molecule has 0 aliphatic heterocycles. The second-order valence-corrected chi connectivity index (χ2v) is 5.36. The van der Waals surface area contributed by atoms with E-state index in [2.05, 4.69) is 10.9 Å². The number of fused-ring (bicyclic) bond motifs is 1. The first-order chi connectivity index (χ1) is 11.5. The van der Waals surface area contributed by atoms with Crippen molar-refractivity contribution in [3.63, 3.8) is 0 Å². The Morgan fingerprint density at radius 1 is 1.04 bits per heavy atom. The molecule has 0 aliphatic carbocycles. The highest BCUT2D eigenvalue weighted by Crippen LogP contribution is 2.24. The first kappa shape index (κ1) is 15.7. The number of amides is 2. The van der Waals surface area contributed by atoms with Crippen molar-refractivity contribution in [1.82, 2.24) is 10.9 Å². The third-order valence-corrected chi connectivity index (χ3v) is 3.64. The number of carbonyl (C=O) groups excluding carboxylic acids is 2. The fourth-order valence-electron chi connectivity index (χ4n) is 2.41. The van der Waals surface area contributed by atoms with Crippen molar-refractivity contribution in [2.24, 2.45) is 0 Å². The normalized spacial score (nSPS) is 10.6. The molecule has 5 nitrogen and oxygen atoms in total. The molecule has 3 aromatic rings. The fraction of sp³-hybridized carbons (Fsp3) is 0.111. The van der Waals surface area contributed by atoms with E-state index in [1.54, 1.807) is 13.0 Å². The lowest BCUT2D eigenvalue weighted by atomic mass is 10.1. The highest BCUT2D eigenvalue weighted by Gasteiger charge is 2.17. The van der Waals surface area contributed by atoms with Gasteiger partial charge < -0.3 is 4.42 Å². The Morgan fingerprint density at radius 3 is 2.46 bits per heavy atom. The summed E-state index contributed by atoms with van der Waals surface area (Å²) in [6.07, 6.45) is 0.0275. The van der Waals surface area contributed by atoms with Crippen molar-refractivity contribution in [3.05, 3.63) is 71.2 Å². The first-order valence-corrected chi connectivity index (χ1v) is 7.36. The summed E-state index contributed by atoms with van der Waals surface area (Å²) in [5, 5.41) is 0.847. The SMILES string of the molecule is Cc1c(C(=O)NNC(=O)Cc2ccc(F)cc2)oc2ccccc12. The molecule has 2 aromatic carbocycles. The summed E-state index contributed by atoms with van der Waals surface area (Å²) in [7, 11) is 0. The van der Waals surface area contributed by atoms with Crippen LogP contribution in [0.5, 0.6) is 0 Å². The van der Waals surface area contributed by atoms with Gasteiger partial charge in [0.1, 0.15) is 11.4 Å². The molecule has 0 unspecified atom stereocenters. The van der Waals surface area contributed by atoms with E-state index >= 15 is 0 Å². The Labute approximate surface area is 137 Å². The van der Waals surface area contributed by atoms with Gasteiger partial charge in [-0.05, 0) is 30.7 Å².